The molecule has 114 valence electrons. The number of carbonyl (C=O) groups excluding carboxylic acids is 1. The number of nitrogens with zero attached hydrogens (tertiary/aromatic N) is 1. The molecular formula is C17H18N2OS2. The van der Waals surface area contributed by atoms with Gasteiger partial charge in [0.2, 0.25) is 0 Å². The summed E-state index contributed by atoms with van der Waals surface area (Å²) in [5, 5.41) is 5.29. The van der Waals surface area contributed by atoms with Crippen molar-refractivity contribution in [3.63, 3.8) is 0 Å². The lowest BCUT2D eigenvalue weighted by Crippen LogP contribution is -2.43. The zero-order valence-corrected chi connectivity index (χ0v) is 13.8. The van der Waals surface area contributed by atoms with Crippen LogP contribution in [0.2, 0.25) is 0 Å². The van der Waals surface area contributed by atoms with E-state index in [1.54, 1.807) is 23.1 Å². The summed E-state index contributed by atoms with van der Waals surface area (Å²) in [6.45, 7) is 3.37. The molecule has 1 aromatic carbocycles. The van der Waals surface area contributed by atoms with Crippen LogP contribution in [0.3, 0.4) is 0 Å². The number of fused-ring (bicyclic) bond motifs is 2. The first-order valence-electron chi connectivity index (χ1n) is 7.62. The number of hydrogen-bond donors (Lipinski definition) is 1. The Morgan fingerprint density at radius 1 is 1.23 bits per heavy atom. The van der Waals surface area contributed by atoms with Crippen LogP contribution in [0.15, 0.2) is 50.9 Å². The molecule has 0 saturated carbocycles. The van der Waals surface area contributed by atoms with E-state index in [1.165, 1.54) is 22.1 Å². The largest absolute Gasteiger partial charge is 0.348 e. The summed E-state index contributed by atoms with van der Waals surface area (Å²) < 4.78 is 1.27. The minimum atomic E-state index is 0.0615. The second-order valence-corrected chi connectivity index (χ2v) is 8.27. The van der Waals surface area contributed by atoms with Gasteiger partial charge in [-0.25, -0.2) is 0 Å². The fourth-order valence-electron chi connectivity index (χ4n) is 3.31. The smallest absolute Gasteiger partial charge is 0.251 e. The third-order valence-electron chi connectivity index (χ3n) is 4.48. The van der Waals surface area contributed by atoms with Gasteiger partial charge in [-0.15, -0.1) is 11.3 Å². The molecule has 3 heterocycles. The minimum Gasteiger partial charge on any atom is -0.348 e. The molecular weight excluding hydrogens is 312 g/mol. The zero-order chi connectivity index (χ0) is 14.9. The van der Waals surface area contributed by atoms with Crippen molar-refractivity contribution in [2.75, 3.05) is 19.6 Å². The van der Waals surface area contributed by atoms with Crippen molar-refractivity contribution in [1.29, 1.82) is 0 Å². The number of piperidine rings is 1. The molecule has 1 N–H and O–H groups in total. The molecule has 3 nitrogen and oxygen atoms in total. The monoisotopic (exact) mass is 330 g/mol. The number of hydrogen-bond acceptors (Lipinski definition) is 4. The Bertz CT molecular complexity index is 654. The van der Waals surface area contributed by atoms with Crippen molar-refractivity contribution in [2.45, 2.75) is 21.6 Å². The number of carbonyl (C=O) groups is 1. The Labute approximate surface area is 138 Å². The quantitative estimate of drug-likeness (QED) is 0.933. The van der Waals surface area contributed by atoms with E-state index in [1.807, 2.05) is 24.3 Å². The lowest BCUT2D eigenvalue weighted by molar-refractivity contribution is 0.0924. The van der Waals surface area contributed by atoms with Crippen LogP contribution in [-0.2, 0) is 0 Å². The fraction of sp³-hybridized carbons (Fsp3) is 0.353. The maximum atomic E-state index is 12.4. The molecule has 2 aliphatic rings. The van der Waals surface area contributed by atoms with Crippen molar-refractivity contribution in [1.82, 2.24) is 10.2 Å². The summed E-state index contributed by atoms with van der Waals surface area (Å²) in [6, 6.07) is 12.4. The molecule has 4 rings (SSSR count). The van der Waals surface area contributed by atoms with Crippen LogP contribution in [0.5, 0.6) is 0 Å². The highest BCUT2D eigenvalue weighted by Crippen LogP contribution is 2.31. The summed E-state index contributed by atoms with van der Waals surface area (Å²) in [6.07, 6.45) is 1.22. The maximum absolute atomic E-state index is 12.4. The molecule has 22 heavy (non-hydrogen) atoms. The van der Waals surface area contributed by atoms with Crippen LogP contribution in [0.4, 0.5) is 0 Å². The normalized spacial score (nSPS) is 26.3. The first-order valence-corrected chi connectivity index (χ1v) is 9.32. The van der Waals surface area contributed by atoms with E-state index in [0.29, 0.717) is 12.0 Å². The summed E-state index contributed by atoms with van der Waals surface area (Å²) >= 11 is 3.47. The second-order valence-electron chi connectivity index (χ2n) is 5.95. The molecule has 2 unspecified atom stereocenters. The van der Waals surface area contributed by atoms with Gasteiger partial charge >= 0.3 is 0 Å². The minimum absolute atomic E-state index is 0.0615. The second kappa shape index (κ2) is 6.07. The van der Waals surface area contributed by atoms with Crippen molar-refractivity contribution < 1.29 is 4.79 Å². The molecule has 2 aromatic rings. The van der Waals surface area contributed by atoms with Gasteiger partial charge in [0.1, 0.15) is 0 Å². The van der Waals surface area contributed by atoms with Gasteiger partial charge in [-0.1, -0.05) is 17.8 Å². The van der Waals surface area contributed by atoms with E-state index in [-0.39, 0.29) is 5.91 Å². The van der Waals surface area contributed by atoms with Crippen molar-refractivity contribution >= 4 is 29.0 Å². The van der Waals surface area contributed by atoms with Crippen LogP contribution in [-0.4, -0.2) is 36.5 Å². The predicted molar refractivity (Wildman–Crippen MR) is 90.7 cm³/mol. The van der Waals surface area contributed by atoms with Gasteiger partial charge in [0, 0.05) is 29.6 Å². The fourth-order valence-corrected chi connectivity index (χ4v) is 5.06. The van der Waals surface area contributed by atoms with Crippen molar-refractivity contribution in [3.8, 4) is 0 Å². The van der Waals surface area contributed by atoms with Gasteiger partial charge in [0.05, 0.1) is 4.21 Å². The third-order valence-corrected chi connectivity index (χ3v) is 6.52. The van der Waals surface area contributed by atoms with Crippen LogP contribution in [0.1, 0.15) is 16.8 Å². The van der Waals surface area contributed by atoms with Gasteiger partial charge in [-0.05, 0) is 54.6 Å². The molecule has 0 aliphatic carbocycles. The van der Waals surface area contributed by atoms with Gasteiger partial charge in [0.25, 0.3) is 5.91 Å². The molecule has 5 heteroatoms. The van der Waals surface area contributed by atoms with Gasteiger partial charge in [-0.2, -0.15) is 0 Å². The Balaban J connectivity index is 1.38. The van der Waals surface area contributed by atoms with E-state index in [2.05, 4.69) is 27.7 Å². The van der Waals surface area contributed by atoms with E-state index in [4.69, 9.17) is 0 Å². The summed E-state index contributed by atoms with van der Waals surface area (Å²) in [7, 11) is 0. The number of nitrogens with one attached hydrogen (secondary N) is 1. The molecule has 0 spiro atoms. The van der Waals surface area contributed by atoms with Gasteiger partial charge in [0.15, 0.2) is 0 Å². The number of thiophene rings is 1. The van der Waals surface area contributed by atoms with E-state index >= 15 is 0 Å². The molecule has 1 aromatic heterocycles. The summed E-state index contributed by atoms with van der Waals surface area (Å²) in [5.41, 5.74) is 0.758. The molecule has 2 saturated heterocycles. The Kier molecular flexibility index (Phi) is 3.94. The molecule has 2 fully saturated rings. The molecule has 2 bridgehead atoms. The van der Waals surface area contributed by atoms with Crippen LogP contribution < -0.4 is 5.32 Å². The standard InChI is InChI=1S/C17H18N2OS2/c20-17(18-15-11-19-8-7-13(15)10-19)12-3-5-14(6-4-12)22-16-2-1-9-21-16/h1-6,9,13,15H,7-8,10-11H2,(H,18,20)/t13-,15?/m0/s1. The maximum Gasteiger partial charge on any atom is 0.251 e. The van der Waals surface area contributed by atoms with Crippen LogP contribution in [0, 0.1) is 5.92 Å². The lowest BCUT2D eigenvalue weighted by atomic mass is 9.99. The SMILES string of the molecule is O=C(NC1CN2CC[C@H]1C2)c1ccc(Sc2cccs2)cc1. The average molecular weight is 330 g/mol. The first kappa shape index (κ1) is 14.3. The van der Waals surface area contributed by atoms with Crippen LogP contribution in [0.25, 0.3) is 0 Å². The van der Waals surface area contributed by atoms with E-state index in [0.717, 1.165) is 18.7 Å². The number of amides is 1. The average Bonchev–Trinajstić information content (AvgIpc) is 3.25. The van der Waals surface area contributed by atoms with Crippen molar-refractivity contribution in [3.05, 3.63) is 47.3 Å². The topological polar surface area (TPSA) is 32.3 Å². The van der Waals surface area contributed by atoms with Crippen molar-refractivity contribution in [2.24, 2.45) is 5.92 Å². The molecule has 2 aliphatic heterocycles. The summed E-state index contributed by atoms with van der Waals surface area (Å²) in [5.74, 6) is 0.712. The zero-order valence-electron chi connectivity index (χ0n) is 12.2. The third kappa shape index (κ3) is 2.93. The highest BCUT2D eigenvalue weighted by Gasteiger charge is 2.38. The van der Waals surface area contributed by atoms with E-state index < -0.39 is 0 Å². The Morgan fingerprint density at radius 3 is 2.73 bits per heavy atom. The highest BCUT2D eigenvalue weighted by molar-refractivity contribution is 8.01. The lowest BCUT2D eigenvalue weighted by Gasteiger charge is -2.23. The predicted octanol–water partition coefficient (Wildman–Crippen LogP) is 3.33. The molecule has 1 amide bonds. The number of benzene rings is 1. The van der Waals surface area contributed by atoms with Gasteiger partial charge < -0.3 is 10.2 Å². The Morgan fingerprint density at radius 2 is 2.09 bits per heavy atom. The Hall–Kier alpha value is -1.30. The first-order chi connectivity index (χ1) is 10.8. The van der Waals surface area contributed by atoms with Gasteiger partial charge in [-0.3, -0.25) is 4.79 Å². The molecule has 0 radical (unpaired) electrons. The van der Waals surface area contributed by atoms with E-state index in [9.17, 15) is 4.79 Å². The van der Waals surface area contributed by atoms with Crippen LogP contribution >= 0.6 is 23.1 Å². The molecule has 3 atom stereocenters. The highest BCUT2D eigenvalue weighted by atomic mass is 32.2. The summed E-state index contributed by atoms with van der Waals surface area (Å²) in [4.78, 5) is 16.0. The number of rotatable bonds is 4.